The van der Waals surface area contributed by atoms with Gasteiger partial charge in [0.2, 0.25) is 10.0 Å². The van der Waals surface area contributed by atoms with E-state index in [1.54, 1.807) is 0 Å². The number of benzene rings is 2. The number of hydrogen-bond donors (Lipinski definition) is 2. The number of rotatable bonds is 10. The third-order valence-electron chi connectivity index (χ3n) is 4.59. The Hall–Kier alpha value is -2.09. The van der Waals surface area contributed by atoms with Gasteiger partial charge in [-0.15, -0.1) is 0 Å². The highest BCUT2D eigenvalue weighted by Crippen LogP contribution is 2.29. The molecule has 0 aliphatic carbocycles. The molecule has 8 heteroatoms. The van der Waals surface area contributed by atoms with Crippen LogP contribution in [0.15, 0.2) is 41.3 Å². The predicted molar refractivity (Wildman–Crippen MR) is 121 cm³/mol. The summed E-state index contributed by atoms with van der Waals surface area (Å²) in [5.41, 5.74) is 2.80. The molecule has 0 saturated heterocycles. The number of nitrogens with one attached hydrogen (secondary N) is 2. The highest BCUT2D eigenvalue weighted by Gasteiger charge is 2.17. The molecule has 164 valence electrons. The van der Waals surface area contributed by atoms with Crippen molar-refractivity contribution in [2.24, 2.45) is 0 Å². The van der Waals surface area contributed by atoms with E-state index in [1.807, 2.05) is 32.0 Å². The van der Waals surface area contributed by atoms with Crippen molar-refractivity contribution in [3.05, 3.63) is 52.5 Å². The lowest BCUT2D eigenvalue weighted by molar-refractivity contribution is -0.118. The monoisotopic (exact) mass is 452 g/mol. The summed E-state index contributed by atoms with van der Waals surface area (Å²) in [6.45, 7) is 8.17. The molecule has 0 saturated carbocycles. The van der Waals surface area contributed by atoms with Crippen molar-refractivity contribution < 1.29 is 17.9 Å². The molecule has 0 aliphatic rings. The second-order valence-electron chi connectivity index (χ2n) is 7.37. The lowest BCUT2D eigenvalue weighted by Gasteiger charge is -2.17. The van der Waals surface area contributed by atoms with Crippen LogP contribution in [0.5, 0.6) is 5.75 Å². The Kier molecular flexibility index (Phi) is 8.70. The lowest BCUT2D eigenvalue weighted by atomic mass is 9.98. The molecule has 0 aliphatic heterocycles. The van der Waals surface area contributed by atoms with Gasteiger partial charge in [-0.1, -0.05) is 57.0 Å². The van der Waals surface area contributed by atoms with E-state index in [1.165, 1.54) is 18.2 Å². The normalized spacial score (nSPS) is 11.5. The molecule has 0 aromatic heterocycles. The van der Waals surface area contributed by atoms with Crippen molar-refractivity contribution in [1.82, 2.24) is 4.72 Å². The third kappa shape index (κ3) is 6.45. The van der Waals surface area contributed by atoms with E-state index < -0.39 is 10.0 Å². The molecule has 0 spiro atoms. The minimum atomic E-state index is -3.63. The molecule has 0 heterocycles. The summed E-state index contributed by atoms with van der Waals surface area (Å²) in [5, 5.41) is 3.03. The van der Waals surface area contributed by atoms with Crippen LogP contribution in [0.1, 0.15) is 50.7 Å². The fourth-order valence-electron chi connectivity index (χ4n) is 2.89. The average molecular weight is 453 g/mol. The van der Waals surface area contributed by atoms with Gasteiger partial charge in [-0.2, -0.15) is 0 Å². The van der Waals surface area contributed by atoms with E-state index in [0.29, 0.717) is 6.54 Å². The molecule has 2 aromatic carbocycles. The minimum Gasteiger partial charge on any atom is -0.482 e. The number of anilines is 1. The van der Waals surface area contributed by atoms with E-state index in [-0.39, 0.29) is 34.1 Å². The Bertz CT molecular complexity index is 991. The highest BCUT2D eigenvalue weighted by atomic mass is 35.5. The zero-order valence-electron chi connectivity index (χ0n) is 17.8. The average Bonchev–Trinajstić information content (AvgIpc) is 2.68. The first-order valence-electron chi connectivity index (χ1n) is 9.97. The van der Waals surface area contributed by atoms with E-state index in [2.05, 4.69) is 23.9 Å². The summed E-state index contributed by atoms with van der Waals surface area (Å²) in [5.74, 6) is 0.185. The van der Waals surface area contributed by atoms with Gasteiger partial charge in [-0.3, -0.25) is 4.79 Å². The number of hydrogen-bond acceptors (Lipinski definition) is 4. The van der Waals surface area contributed by atoms with Crippen LogP contribution >= 0.6 is 11.6 Å². The Balaban J connectivity index is 2.04. The second-order valence-corrected chi connectivity index (χ2v) is 9.55. The van der Waals surface area contributed by atoms with Gasteiger partial charge in [0.15, 0.2) is 6.61 Å². The van der Waals surface area contributed by atoms with E-state index in [4.69, 9.17) is 16.3 Å². The number of amides is 1. The number of halogens is 1. The molecule has 6 nitrogen and oxygen atoms in total. The molecule has 0 fully saturated rings. The number of unbranched alkanes of at least 4 members (excludes halogenated alkanes) is 1. The molecule has 0 bridgehead atoms. The van der Waals surface area contributed by atoms with Crippen molar-refractivity contribution in [3.8, 4) is 5.75 Å². The smallest absolute Gasteiger partial charge is 0.262 e. The van der Waals surface area contributed by atoms with Crippen LogP contribution in [-0.4, -0.2) is 27.5 Å². The van der Waals surface area contributed by atoms with Gasteiger partial charge >= 0.3 is 0 Å². The van der Waals surface area contributed by atoms with E-state index in [0.717, 1.165) is 29.7 Å². The number of para-hydroxylation sites is 1. The number of sulfonamides is 1. The van der Waals surface area contributed by atoms with Gasteiger partial charge in [0.25, 0.3) is 5.91 Å². The van der Waals surface area contributed by atoms with Crippen LogP contribution in [0.2, 0.25) is 5.02 Å². The van der Waals surface area contributed by atoms with Crippen molar-refractivity contribution in [2.45, 2.75) is 51.3 Å². The fraction of sp³-hybridized carbons (Fsp3) is 0.409. The summed E-state index contributed by atoms with van der Waals surface area (Å²) < 4.78 is 32.6. The molecule has 2 N–H and O–H groups in total. The lowest BCUT2D eigenvalue weighted by Crippen LogP contribution is -2.24. The standard InChI is InChI=1S/C22H29ClN2O4S/c1-5-6-12-24-30(27,28)17-10-11-20(19(23)13-17)29-14-21(26)25-22-16(4)8-7-9-18(22)15(2)3/h7-11,13,15,24H,5-6,12,14H2,1-4H3,(H,25,26). The van der Waals surface area contributed by atoms with Gasteiger partial charge in [0.05, 0.1) is 9.92 Å². The van der Waals surface area contributed by atoms with Crippen molar-refractivity contribution >= 4 is 33.2 Å². The molecule has 30 heavy (non-hydrogen) atoms. The summed E-state index contributed by atoms with van der Waals surface area (Å²) in [7, 11) is -3.63. The summed E-state index contributed by atoms with van der Waals surface area (Å²) >= 11 is 6.18. The fourth-order valence-corrected chi connectivity index (χ4v) is 4.29. The molecule has 2 rings (SSSR count). The van der Waals surface area contributed by atoms with Crippen LogP contribution in [0.3, 0.4) is 0 Å². The number of carbonyl (C=O) groups is 1. The van der Waals surface area contributed by atoms with Gasteiger partial charge in [0, 0.05) is 12.2 Å². The second kappa shape index (κ2) is 10.8. The predicted octanol–water partition coefficient (Wildman–Crippen LogP) is 4.87. The third-order valence-corrected chi connectivity index (χ3v) is 6.34. The number of ether oxygens (including phenoxy) is 1. The number of carbonyl (C=O) groups excluding carboxylic acids is 1. The number of aryl methyl sites for hydroxylation is 1. The van der Waals surface area contributed by atoms with E-state index in [9.17, 15) is 13.2 Å². The van der Waals surface area contributed by atoms with Gasteiger partial charge in [-0.25, -0.2) is 13.1 Å². The molecule has 0 unspecified atom stereocenters. The topological polar surface area (TPSA) is 84.5 Å². The maximum absolute atomic E-state index is 12.4. The zero-order chi connectivity index (χ0) is 22.3. The van der Waals surface area contributed by atoms with Crippen LogP contribution in [-0.2, 0) is 14.8 Å². The largest absolute Gasteiger partial charge is 0.482 e. The highest BCUT2D eigenvalue weighted by molar-refractivity contribution is 7.89. The Morgan fingerprint density at radius 2 is 1.93 bits per heavy atom. The van der Waals surface area contributed by atoms with Crippen LogP contribution in [0.4, 0.5) is 5.69 Å². The maximum atomic E-state index is 12.4. The zero-order valence-corrected chi connectivity index (χ0v) is 19.4. The van der Waals surface area contributed by atoms with Crippen LogP contribution in [0, 0.1) is 6.92 Å². The molecule has 1 amide bonds. The Morgan fingerprint density at radius 1 is 1.20 bits per heavy atom. The van der Waals surface area contributed by atoms with Crippen LogP contribution < -0.4 is 14.8 Å². The minimum absolute atomic E-state index is 0.0573. The van der Waals surface area contributed by atoms with Crippen molar-refractivity contribution in [2.75, 3.05) is 18.5 Å². The Morgan fingerprint density at radius 3 is 2.57 bits per heavy atom. The van der Waals surface area contributed by atoms with E-state index >= 15 is 0 Å². The quantitative estimate of drug-likeness (QED) is 0.504. The van der Waals surface area contributed by atoms with Crippen molar-refractivity contribution in [3.63, 3.8) is 0 Å². The molecular weight excluding hydrogens is 424 g/mol. The van der Waals surface area contributed by atoms with Gasteiger partial charge in [-0.05, 0) is 48.6 Å². The Labute approximate surface area is 184 Å². The molecule has 0 atom stereocenters. The van der Waals surface area contributed by atoms with Gasteiger partial charge in [0.1, 0.15) is 5.75 Å². The molecular formula is C22H29ClN2O4S. The van der Waals surface area contributed by atoms with Crippen molar-refractivity contribution in [1.29, 1.82) is 0 Å². The molecule has 0 radical (unpaired) electrons. The van der Waals surface area contributed by atoms with Crippen LogP contribution in [0.25, 0.3) is 0 Å². The maximum Gasteiger partial charge on any atom is 0.262 e. The summed E-state index contributed by atoms with van der Waals surface area (Å²) in [4.78, 5) is 12.5. The van der Waals surface area contributed by atoms with Gasteiger partial charge < -0.3 is 10.1 Å². The first-order chi connectivity index (χ1) is 14.2. The summed E-state index contributed by atoms with van der Waals surface area (Å²) in [6, 6.07) is 10.1. The summed E-state index contributed by atoms with van der Waals surface area (Å²) in [6.07, 6.45) is 1.64. The SMILES string of the molecule is CCCCNS(=O)(=O)c1ccc(OCC(=O)Nc2c(C)cccc2C(C)C)c(Cl)c1. The molecule has 2 aromatic rings. The first-order valence-corrected chi connectivity index (χ1v) is 11.8. The first kappa shape index (κ1) is 24.2.